The predicted molar refractivity (Wildman–Crippen MR) is 81.2 cm³/mol. The van der Waals surface area contributed by atoms with Crippen molar-refractivity contribution in [2.75, 3.05) is 39.0 Å². The predicted octanol–water partition coefficient (Wildman–Crippen LogP) is 1.82. The van der Waals surface area contributed by atoms with Gasteiger partial charge in [-0.25, -0.2) is 0 Å². The summed E-state index contributed by atoms with van der Waals surface area (Å²) in [5, 5.41) is 3.34. The van der Waals surface area contributed by atoms with Gasteiger partial charge in [-0.3, -0.25) is 4.79 Å². The van der Waals surface area contributed by atoms with Crippen LogP contribution in [0.3, 0.4) is 0 Å². The van der Waals surface area contributed by atoms with Crippen molar-refractivity contribution in [2.45, 2.75) is 25.3 Å². The van der Waals surface area contributed by atoms with Gasteiger partial charge in [-0.15, -0.1) is 0 Å². The summed E-state index contributed by atoms with van der Waals surface area (Å²) in [7, 11) is 4.06. The van der Waals surface area contributed by atoms with E-state index in [-0.39, 0.29) is 5.91 Å². The molecule has 1 N–H and O–H groups in total. The Morgan fingerprint density at radius 3 is 3.10 bits per heavy atom. The van der Waals surface area contributed by atoms with Crippen molar-refractivity contribution in [2.24, 2.45) is 0 Å². The van der Waals surface area contributed by atoms with Gasteiger partial charge in [-0.05, 0) is 50.6 Å². The van der Waals surface area contributed by atoms with Crippen LogP contribution in [0.4, 0.5) is 5.69 Å². The van der Waals surface area contributed by atoms with Gasteiger partial charge in [0.15, 0.2) is 0 Å². The molecule has 2 heterocycles. The van der Waals surface area contributed by atoms with Crippen LogP contribution in [0, 0.1) is 0 Å². The lowest BCUT2D eigenvalue weighted by Crippen LogP contribution is -2.39. The zero-order valence-electron chi connectivity index (χ0n) is 12.4. The van der Waals surface area contributed by atoms with E-state index in [4.69, 9.17) is 0 Å². The number of carbonyl (C=O) groups excluding carboxylic acids is 1. The third kappa shape index (κ3) is 2.52. The number of benzene rings is 1. The number of nitrogens with one attached hydrogen (secondary N) is 1. The first-order valence-electron chi connectivity index (χ1n) is 7.47. The molecule has 4 heteroatoms. The van der Waals surface area contributed by atoms with Crippen molar-refractivity contribution in [3.05, 3.63) is 29.3 Å². The summed E-state index contributed by atoms with van der Waals surface area (Å²) in [5.41, 5.74) is 3.24. The van der Waals surface area contributed by atoms with E-state index in [1.165, 1.54) is 18.4 Å². The minimum absolute atomic E-state index is 0.127. The van der Waals surface area contributed by atoms with Gasteiger partial charge in [0.1, 0.15) is 0 Å². The number of carbonyl (C=O) groups is 1. The Morgan fingerprint density at radius 2 is 2.35 bits per heavy atom. The summed E-state index contributed by atoms with van der Waals surface area (Å²) in [4.78, 5) is 16.7. The van der Waals surface area contributed by atoms with Crippen LogP contribution in [0.2, 0.25) is 0 Å². The van der Waals surface area contributed by atoms with Gasteiger partial charge in [-0.2, -0.15) is 0 Å². The minimum Gasteiger partial charge on any atom is -0.384 e. The molecule has 0 spiro atoms. The fourth-order valence-electron chi connectivity index (χ4n) is 3.25. The average Bonchev–Trinajstić information content (AvgIpc) is 3.06. The Bertz CT molecular complexity index is 514. The average molecular weight is 273 g/mol. The molecule has 0 aliphatic carbocycles. The molecule has 1 aromatic rings. The standard InChI is InChI=1S/C16H23N3O/c1-18-9-3-4-14(18)11-19(2)16(20)13-6-5-12-7-8-17-15(12)10-13/h5-6,10,14,17H,3-4,7-9,11H2,1-2H3. The highest BCUT2D eigenvalue weighted by Crippen LogP contribution is 2.24. The fraction of sp³-hybridized carbons (Fsp3) is 0.562. The Hall–Kier alpha value is -1.55. The van der Waals surface area contributed by atoms with Crippen molar-refractivity contribution in [1.29, 1.82) is 0 Å². The number of likely N-dealkylation sites (tertiary alicyclic amines) is 1. The molecule has 0 radical (unpaired) electrons. The van der Waals surface area contributed by atoms with E-state index in [1.807, 2.05) is 24.1 Å². The molecule has 1 fully saturated rings. The minimum atomic E-state index is 0.127. The molecule has 4 nitrogen and oxygen atoms in total. The molecule has 0 bridgehead atoms. The molecule has 0 aromatic heterocycles. The maximum Gasteiger partial charge on any atom is 0.253 e. The monoisotopic (exact) mass is 273 g/mol. The first kappa shape index (κ1) is 13.4. The highest BCUT2D eigenvalue weighted by Gasteiger charge is 2.24. The van der Waals surface area contributed by atoms with E-state index in [1.54, 1.807) is 0 Å². The lowest BCUT2D eigenvalue weighted by molar-refractivity contribution is 0.0761. The van der Waals surface area contributed by atoms with Crippen molar-refractivity contribution >= 4 is 11.6 Å². The number of likely N-dealkylation sites (N-methyl/N-ethyl adjacent to an activating group) is 2. The van der Waals surface area contributed by atoms with E-state index >= 15 is 0 Å². The summed E-state index contributed by atoms with van der Waals surface area (Å²) < 4.78 is 0. The first-order valence-corrected chi connectivity index (χ1v) is 7.47. The second-order valence-corrected chi connectivity index (χ2v) is 6.01. The summed E-state index contributed by atoms with van der Waals surface area (Å²) in [6.45, 7) is 2.95. The smallest absolute Gasteiger partial charge is 0.253 e. The molecule has 2 aliphatic rings. The van der Waals surface area contributed by atoms with Gasteiger partial charge < -0.3 is 15.1 Å². The van der Waals surface area contributed by atoms with Crippen LogP contribution in [-0.4, -0.2) is 55.5 Å². The van der Waals surface area contributed by atoms with E-state index in [2.05, 4.69) is 23.3 Å². The summed E-state index contributed by atoms with van der Waals surface area (Å²) in [5.74, 6) is 0.127. The number of hydrogen-bond donors (Lipinski definition) is 1. The number of anilines is 1. The molecular weight excluding hydrogens is 250 g/mol. The molecular formula is C16H23N3O. The van der Waals surface area contributed by atoms with E-state index in [0.29, 0.717) is 6.04 Å². The Balaban J connectivity index is 1.68. The van der Waals surface area contributed by atoms with Crippen molar-refractivity contribution < 1.29 is 4.79 Å². The number of rotatable bonds is 3. The van der Waals surface area contributed by atoms with Crippen LogP contribution in [-0.2, 0) is 6.42 Å². The van der Waals surface area contributed by atoms with E-state index in [0.717, 1.165) is 37.3 Å². The van der Waals surface area contributed by atoms with Crippen molar-refractivity contribution in [3.63, 3.8) is 0 Å². The number of nitrogens with zero attached hydrogens (tertiary/aromatic N) is 2. The fourth-order valence-corrected chi connectivity index (χ4v) is 3.25. The van der Waals surface area contributed by atoms with Crippen molar-refractivity contribution in [3.8, 4) is 0 Å². The summed E-state index contributed by atoms with van der Waals surface area (Å²) >= 11 is 0. The van der Waals surface area contributed by atoms with Gasteiger partial charge in [0.2, 0.25) is 0 Å². The largest absolute Gasteiger partial charge is 0.384 e. The summed E-state index contributed by atoms with van der Waals surface area (Å²) in [6, 6.07) is 6.55. The highest BCUT2D eigenvalue weighted by atomic mass is 16.2. The van der Waals surface area contributed by atoms with Crippen LogP contribution in [0.25, 0.3) is 0 Å². The van der Waals surface area contributed by atoms with Crippen molar-refractivity contribution in [1.82, 2.24) is 9.80 Å². The summed E-state index contributed by atoms with van der Waals surface area (Å²) in [6.07, 6.45) is 3.50. The zero-order valence-corrected chi connectivity index (χ0v) is 12.4. The quantitative estimate of drug-likeness (QED) is 0.912. The molecule has 108 valence electrons. The second kappa shape index (κ2) is 5.44. The molecule has 1 aromatic carbocycles. The first-order chi connectivity index (χ1) is 9.65. The number of hydrogen-bond acceptors (Lipinski definition) is 3. The second-order valence-electron chi connectivity index (χ2n) is 6.01. The van der Waals surface area contributed by atoms with Gasteiger partial charge in [0.25, 0.3) is 5.91 Å². The van der Waals surface area contributed by atoms with Gasteiger partial charge in [-0.1, -0.05) is 6.07 Å². The normalized spacial score (nSPS) is 21.6. The van der Waals surface area contributed by atoms with Crippen LogP contribution in [0.5, 0.6) is 0 Å². The van der Waals surface area contributed by atoms with Crippen LogP contribution in [0.15, 0.2) is 18.2 Å². The third-order valence-electron chi connectivity index (χ3n) is 4.57. The van der Waals surface area contributed by atoms with E-state index < -0.39 is 0 Å². The maximum atomic E-state index is 12.5. The third-order valence-corrected chi connectivity index (χ3v) is 4.57. The number of fused-ring (bicyclic) bond motifs is 1. The maximum absolute atomic E-state index is 12.5. The lowest BCUT2D eigenvalue weighted by atomic mass is 10.1. The lowest BCUT2D eigenvalue weighted by Gasteiger charge is -2.26. The Labute approximate surface area is 120 Å². The number of amides is 1. The highest BCUT2D eigenvalue weighted by molar-refractivity contribution is 5.95. The van der Waals surface area contributed by atoms with Gasteiger partial charge in [0.05, 0.1) is 0 Å². The molecule has 1 amide bonds. The van der Waals surface area contributed by atoms with Crippen LogP contribution in [0.1, 0.15) is 28.8 Å². The topological polar surface area (TPSA) is 35.6 Å². The zero-order chi connectivity index (χ0) is 14.1. The molecule has 20 heavy (non-hydrogen) atoms. The molecule has 1 unspecified atom stereocenters. The Kier molecular flexibility index (Phi) is 3.66. The molecule has 0 saturated carbocycles. The Morgan fingerprint density at radius 1 is 1.50 bits per heavy atom. The van der Waals surface area contributed by atoms with Crippen LogP contribution >= 0.6 is 0 Å². The van der Waals surface area contributed by atoms with Gasteiger partial charge >= 0.3 is 0 Å². The molecule has 2 aliphatic heterocycles. The van der Waals surface area contributed by atoms with Crippen LogP contribution < -0.4 is 5.32 Å². The molecule has 1 saturated heterocycles. The SMILES string of the molecule is CN(CC1CCCN1C)C(=O)c1ccc2c(c1)NCC2. The molecule has 3 rings (SSSR count). The molecule has 1 atom stereocenters. The van der Waals surface area contributed by atoms with E-state index in [9.17, 15) is 4.79 Å². The van der Waals surface area contributed by atoms with Gasteiger partial charge in [0, 0.05) is 37.4 Å².